The van der Waals surface area contributed by atoms with Gasteiger partial charge in [0, 0.05) is 12.4 Å². The Bertz CT molecular complexity index is 325. The van der Waals surface area contributed by atoms with Crippen LogP contribution in [0.1, 0.15) is 12.8 Å². The summed E-state index contributed by atoms with van der Waals surface area (Å²) in [4.78, 5) is 19.8. The number of quaternary nitrogens is 2. The van der Waals surface area contributed by atoms with Crippen LogP contribution < -0.4 is 10.2 Å². The van der Waals surface area contributed by atoms with E-state index in [9.17, 15) is 19.8 Å². The molecule has 118 valence electrons. The highest BCUT2D eigenvalue weighted by molar-refractivity contribution is 5.77. The first-order valence-corrected chi connectivity index (χ1v) is 6.52. The first-order chi connectivity index (χ1) is 8.83. The summed E-state index contributed by atoms with van der Waals surface area (Å²) in [6.07, 6.45) is 3.53. The number of hydrogen-bond donors (Lipinski definition) is 0. The summed E-state index contributed by atoms with van der Waals surface area (Å²) in [5.41, 5.74) is 0. The number of likely N-dealkylation sites (N-methyl/N-ethyl adjacent to an activating group) is 1. The number of carboxylic acids is 2. The molecule has 0 rings (SSSR count). The Morgan fingerprint density at radius 1 is 0.950 bits per heavy atom. The van der Waals surface area contributed by atoms with Gasteiger partial charge in [0.1, 0.15) is 0 Å². The van der Waals surface area contributed by atoms with Crippen LogP contribution in [-0.4, -0.2) is 76.3 Å². The number of nitrogens with zero attached hydrogens (tertiary/aromatic N) is 2. The summed E-state index contributed by atoms with van der Waals surface area (Å²) >= 11 is 0. The van der Waals surface area contributed by atoms with E-state index in [1.165, 1.54) is 0 Å². The van der Waals surface area contributed by atoms with Crippen LogP contribution in [0.5, 0.6) is 0 Å². The minimum atomic E-state index is -1.13. The van der Waals surface area contributed by atoms with E-state index in [4.69, 9.17) is 0 Å². The van der Waals surface area contributed by atoms with E-state index in [1.807, 2.05) is 42.3 Å². The Morgan fingerprint density at radius 2 is 1.45 bits per heavy atom. The maximum Gasteiger partial charge on any atom is 0.0971 e. The second-order valence-corrected chi connectivity index (χ2v) is 6.68. The molecule has 0 amide bonds. The number of hydrogen-bond acceptors (Lipinski definition) is 4. The molecule has 0 unspecified atom stereocenters. The van der Waals surface area contributed by atoms with Crippen molar-refractivity contribution in [3.8, 4) is 0 Å². The summed E-state index contributed by atoms with van der Waals surface area (Å²) in [5.74, 6) is -2.08. The minimum absolute atomic E-state index is 0.176. The number of rotatable bonds is 7. The monoisotopic (exact) mass is 288 g/mol. The highest BCUT2D eigenvalue weighted by atomic mass is 16.4. The Labute approximate surface area is 122 Å². The van der Waals surface area contributed by atoms with Crippen LogP contribution >= 0.6 is 0 Å². The Kier molecular flexibility index (Phi) is 9.93. The highest BCUT2D eigenvalue weighted by Gasteiger charge is 2.04. The van der Waals surface area contributed by atoms with Crippen LogP contribution in [0.4, 0.5) is 0 Å². The fraction of sp³-hybridized carbons (Fsp3) is 0.714. The van der Waals surface area contributed by atoms with Gasteiger partial charge in [-0.2, -0.15) is 0 Å². The van der Waals surface area contributed by atoms with Crippen molar-refractivity contribution in [1.82, 2.24) is 0 Å². The number of carboxylic acid groups (broad SMARTS) is 2. The molecule has 0 aromatic rings. The van der Waals surface area contributed by atoms with Crippen molar-refractivity contribution in [2.24, 2.45) is 0 Å². The highest BCUT2D eigenvalue weighted by Crippen LogP contribution is 1.95. The van der Waals surface area contributed by atoms with Gasteiger partial charge in [0.15, 0.2) is 0 Å². The van der Waals surface area contributed by atoms with Crippen LogP contribution in [0.25, 0.3) is 0 Å². The molecule has 0 aromatic heterocycles. The molecular weight excluding hydrogens is 260 g/mol. The molecule has 0 aliphatic heterocycles. The Hall–Kier alpha value is -1.40. The van der Waals surface area contributed by atoms with E-state index in [1.54, 1.807) is 6.08 Å². The molecule has 0 radical (unpaired) electrons. The molecule has 0 atom stereocenters. The molecule has 0 heterocycles. The molecule has 0 saturated carbocycles. The maximum absolute atomic E-state index is 9.97. The number of aliphatic carboxylic acids is 2. The number of carbonyl (C=O) groups is 2. The molecular formula is C14H28N2O4. The van der Waals surface area contributed by atoms with E-state index in [2.05, 4.69) is 0 Å². The zero-order valence-electron chi connectivity index (χ0n) is 13.5. The summed E-state index contributed by atoms with van der Waals surface area (Å²) in [5, 5.41) is 19.8. The lowest BCUT2D eigenvalue weighted by molar-refractivity contribution is -0.870. The van der Waals surface area contributed by atoms with Crippen LogP contribution in [0.3, 0.4) is 0 Å². The zero-order chi connectivity index (χ0) is 16.4. The first kappa shape index (κ1) is 20.9. The lowest BCUT2D eigenvalue weighted by atomic mass is 10.3. The molecule has 0 fully saturated rings. The van der Waals surface area contributed by atoms with Crippen molar-refractivity contribution in [1.29, 1.82) is 0 Å². The largest absolute Gasteiger partial charge is 0.550 e. The molecule has 6 heteroatoms. The van der Waals surface area contributed by atoms with Gasteiger partial charge in [-0.15, -0.1) is 0 Å². The average Bonchev–Trinajstić information content (AvgIpc) is 2.12. The molecule has 0 aliphatic rings. The molecule has 20 heavy (non-hydrogen) atoms. The molecule has 0 N–H and O–H groups in total. The Morgan fingerprint density at radius 3 is 1.75 bits per heavy atom. The third-order valence-electron chi connectivity index (χ3n) is 2.12. The zero-order valence-corrected chi connectivity index (χ0v) is 13.5. The van der Waals surface area contributed by atoms with Crippen LogP contribution in [0, 0.1) is 0 Å². The fourth-order valence-electron chi connectivity index (χ4n) is 1.16. The third-order valence-corrected chi connectivity index (χ3v) is 2.12. The normalized spacial score (nSPS) is 11.9. The molecule has 0 aromatic carbocycles. The smallest absolute Gasteiger partial charge is 0.0971 e. The van der Waals surface area contributed by atoms with Gasteiger partial charge in [-0.05, 0) is 18.6 Å². The maximum atomic E-state index is 9.97. The van der Waals surface area contributed by atoms with E-state index < -0.39 is 11.9 Å². The van der Waals surface area contributed by atoms with Crippen molar-refractivity contribution < 1.29 is 28.8 Å². The van der Waals surface area contributed by atoms with Gasteiger partial charge in [-0.25, -0.2) is 0 Å². The predicted octanol–water partition coefficient (Wildman–Crippen LogP) is -1.78. The standard InChI is InChI=1S/C7H15NO2.C7H13NO2/c2*1-8(2,3)6-4-5-7(9)10/h4-6H2,1-3H3;4-5H,6H2,1-3H3/b;5-4+. The lowest BCUT2D eigenvalue weighted by Gasteiger charge is -2.23. The summed E-state index contributed by atoms with van der Waals surface area (Å²) in [7, 11) is 12.1. The van der Waals surface area contributed by atoms with Crippen LogP contribution in [-0.2, 0) is 9.59 Å². The van der Waals surface area contributed by atoms with Gasteiger partial charge in [-0.3, -0.25) is 0 Å². The van der Waals surface area contributed by atoms with Gasteiger partial charge in [0.05, 0.1) is 61.3 Å². The van der Waals surface area contributed by atoms with Gasteiger partial charge >= 0.3 is 0 Å². The molecule has 6 nitrogen and oxygen atoms in total. The predicted molar refractivity (Wildman–Crippen MR) is 74.2 cm³/mol. The number of carbonyl (C=O) groups excluding carboxylic acids is 2. The van der Waals surface area contributed by atoms with Gasteiger partial charge < -0.3 is 28.8 Å². The third kappa shape index (κ3) is 25.4. The summed E-state index contributed by atoms with van der Waals surface area (Å²) < 4.78 is 1.54. The van der Waals surface area contributed by atoms with E-state index in [-0.39, 0.29) is 6.42 Å². The quantitative estimate of drug-likeness (QED) is 0.410. The summed E-state index contributed by atoms with van der Waals surface area (Å²) in [6.45, 7) is 1.59. The van der Waals surface area contributed by atoms with E-state index in [0.717, 1.165) is 21.6 Å². The summed E-state index contributed by atoms with van der Waals surface area (Å²) in [6, 6.07) is 0. The second kappa shape index (κ2) is 9.50. The average molecular weight is 288 g/mol. The minimum Gasteiger partial charge on any atom is -0.550 e. The molecule has 0 bridgehead atoms. The fourth-order valence-corrected chi connectivity index (χ4v) is 1.16. The van der Waals surface area contributed by atoms with Gasteiger partial charge in [0.2, 0.25) is 0 Å². The van der Waals surface area contributed by atoms with Crippen LogP contribution in [0.2, 0.25) is 0 Å². The van der Waals surface area contributed by atoms with Crippen LogP contribution in [0.15, 0.2) is 12.2 Å². The van der Waals surface area contributed by atoms with E-state index in [0.29, 0.717) is 13.0 Å². The first-order valence-electron chi connectivity index (χ1n) is 6.52. The lowest BCUT2D eigenvalue weighted by Crippen LogP contribution is -2.36. The van der Waals surface area contributed by atoms with Gasteiger partial charge in [0.25, 0.3) is 0 Å². The topological polar surface area (TPSA) is 80.3 Å². The second-order valence-electron chi connectivity index (χ2n) is 6.68. The molecule has 0 saturated heterocycles. The molecule has 0 aliphatic carbocycles. The van der Waals surface area contributed by atoms with Crippen molar-refractivity contribution >= 4 is 11.9 Å². The Balaban J connectivity index is 0. The van der Waals surface area contributed by atoms with Crippen molar-refractivity contribution in [2.75, 3.05) is 55.4 Å². The van der Waals surface area contributed by atoms with Crippen molar-refractivity contribution in [3.05, 3.63) is 12.2 Å². The van der Waals surface area contributed by atoms with Crippen molar-refractivity contribution in [2.45, 2.75) is 12.8 Å². The van der Waals surface area contributed by atoms with Crippen molar-refractivity contribution in [3.63, 3.8) is 0 Å². The SMILES string of the molecule is C[N+](C)(C)C/C=C/C(=O)[O-].C[N+](C)(C)CCCC(=O)[O-]. The molecule has 0 spiro atoms. The van der Waals surface area contributed by atoms with E-state index >= 15 is 0 Å². The van der Waals surface area contributed by atoms with Gasteiger partial charge in [-0.1, -0.05) is 0 Å².